The highest BCUT2D eigenvalue weighted by atomic mass is 35.5. The number of carbonyl (C=O) groups is 1. The van der Waals surface area contributed by atoms with E-state index in [4.69, 9.17) is 27.8 Å². The Hall–Kier alpha value is -3.25. The third-order valence-electron chi connectivity index (χ3n) is 4.06. The van der Waals surface area contributed by atoms with Gasteiger partial charge in [-0.2, -0.15) is 4.99 Å². The summed E-state index contributed by atoms with van der Waals surface area (Å²) in [6, 6.07) is 18.9. The van der Waals surface area contributed by atoms with Gasteiger partial charge in [-0.15, -0.1) is 0 Å². The van der Waals surface area contributed by atoms with Gasteiger partial charge in [0.05, 0.1) is 12.8 Å². The molecule has 0 radical (unpaired) electrons. The van der Waals surface area contributed by atoms with Crippen LogP contribution in [0.5, 0.6) is 5.75 Å². The van der Waals surface area contributed by atoms with E-state index in [9.17, 15) is 4.79 Å². The molecule has 0 unspecified atom stereocenters. The highest BCUT2D eigenvalue weighted by Crippen LogP contribution is 2.33. The lowest BCUT2D eigenvalue weighted by atomic mass is 10.1. The number of halogens is 1. The molecule has 3 rings (SSSR count). The average Bonchev–Trinajstić information content (AvgIpc) is 3.04. The number of hydrogen-bond acceptors (Lipinski definition) is 2. The van der Waals surface area contributed by atoms with Gasteiger partial charge in [0, 0.05) is 16.3 Å². The topological polar surface area (TPSA) is 95.6 Å². The number of benzene rings is 2. The molecule has 0 aliphatic heterocycles. The van der Waals surface area contributed by atoms with Gasteiger partial charge in [0.15, 0.2) is 5.96 Å². The summed E-state index contributed by atoms with van der Waals surface area (Å²) in [5.41, 5.74) is 14.1. The Balaban J connectivity index is 2.11. The summed E-state index contributed by atoms with van der Waals surface area (Å²) in [6.07, 6.45) is 0. The predicted molar refractivity (Wildman–Crippen MR) is 108 cm³/mol. The van der Waals surface area contributed by atoms with Crippen molar-refractivity contribution in [3.05, 3.63) is 65.7 Å². The van der Waals surface area contributed by atoms with Crippen LogP contribution in [-0.4, -0.2) is 23.5 Å². The van der Waals surface area contributed by atoms with Crippen LogP contribution in [-0.2, 0) is 11.3 Å². The number of hydrogen-bond donors (Lipinski definition) is 2. The minimum Gasteiger partial charge on any atom is -0.497 e. The van der Waals surface area contributed by atoms with E-state index < -0.39 is 5.91 Å². The van der Waals surface area contributed by atoms with E-state index in [-0.39, 0.29) is 12.5 Å². The number of nitrogens with two attached hydrogens (primary N) is 2. The molecule has 0 fully saturated rings. The number of ether oxygens (including phenoxy) is 1. The molecule has 0 bridgehead atoms. The Morgan fingerprint density at radius 2 is 1.70 bits per heavy atom. The molecule has 0 saturated carbocycles. The molecule has 1 amide bonds. The van der Waals surface area contributed by atoms with Crippen LogP contribution in [0.1, 0.15) is 0 Å². The van der Waals surface area contributed by atoms with Crippen molar-refractivity contribution in [1.82, 2.24) is 4.57 Å². The van der Waals surface area contributed by atoms with Crippen LogP contribution in [0.15, 0.2) is 65.7 Å². The van der Waals surface area contributed by atoms with Crippen LogP contribution >= 0.6 is 11.6 Å². The number of rotatable bonds is 5. The number of aliphatic imine (C=N–C) groups is 1. The molecule has 138 valence electrons. The maximum absolute atomic E-state index is 12.3. The molecule has 7 heteroatoms. The first-order valence-corrected chi connectivity index (χ1v) is 8.58. The maximum atomic E-state index is 12.3. The van der Waals surface area contributed by atoms with Gasteiger partial charge in [-0.1, -0.05) is 29.8 Å². The molecule has 0 aliphatic carbocycles. The fourth-order valence-electron chi connectivity index (χ4n) is 2.87. The van der Waals surface area contributed by atoms with Crippen molar-refractivity contribution in [2.24, 2.45) is 16.5 Å². The fourth-order valence-corrected chi connectivity index (χ4v) is 3.10. The van der Waals surface area contributed by atoms with Gasteiger partial charge in [-0.3, -0.25) is 4.79 Å². The molecule has 27 heavy (non-hydrogen) atoms. The Labute approximate surface area is 162 Å². The minimum atomic E-state index is -0.450. The van der Waals surface area contributed by atoms with Crippen LogP contribution < -0.4 is 16.2 Å². The number of nitrogens with zero attached hydrogens (tertiary/aromatic N) is 2. The SMILES string of the molecule is COc1ccc(-c2ccc(-c3ccccc3Cl)n2CC(=O)N=C(N)N)cc1. The van der Waals surface area contributed by atoms with Crippen molar-refractivity contribution in [1.29, 1.82) is 0 Å². The molecule has 2 aromatic carbocycles. The number of guanidine groups is 1. The third kappa shape index (κ3) is 4.12. The number of carbonyl (C=O) groups excluding carboxylic acids is 1. The number of amides is 1. The van der Waals surface area contributed by atoms with Gasteiger partial charge in [0.1, 0.15) is 12.3 Å². The smallest absolute Gasteiger partial charge is 0.268 e. The van der Waals surface area contributed by atoms with Crippen molar-refractivity contribution >= 4 is 23.5 Å². The summed E-state index contributed by atoms with van der Waals surface area (Å²) >= 11 is 6.36. The van der Waals surface area contributed by atoms with E-state index in [2.05, 4.69) is 4.99 Å². The van der Waals surface area contributed by atoms with Crippen LogP contribution in [0, 0.1) is 0 Å². The maximum Gasteiger partial charge on any atom is 0.268 e. The zero-order valence-electron chi connectivity index (χ0n) is 14.7. The highest BCUT2D eigenvalue weighted by molar-refractivity contribution is 6.33. The van der Waals surface area contributed by atoms with E-state index >= 15 is 0 Å². The van der Waals surface area contributed by atoms with Crippen molar-refractivity contribution in [3.63, 3.8) is 0 Å². The lowest BCUT2D eigenvalue weighted by Crippen LogP contribution is -2.25. The van der Waals surface area contributed by atoms with Gasteiger partial charge in [-0.05, 0) is 48.0 Å². The van der Waals surface area contributed by atoms with E-state index in [1.807, 2.05) is 59.2 Å². The number of aromatic nitrogens is 1. The average molecular weight is 383 g/mol. The Morgan fingerprint density at radius 3 is 2.33 bits per heavy atom. The zero-order valence-corrected chi connectivity index (χ0v) is 15.5. The first-order chi connectivity index (χ1) is 13.0. The van der Waals surface area contributed by atoms with Crippen LogP contribution in [0.2, 0.25) is 5.02 Å². The predicted octanol–water partition coefficient (Wildman–Crippen LogP) is 3.28. The standard InChI is InChI=1S/C20H19ClN4O2/c1-27-14-8-6-13(7-9-14)17-10-11-18(15-4-2-3-5-16(15)21)25(17)12-19(26)24-20(22)23/h2-11H,12H2,1H3,(H4,22,23,24,26). The quantitative estimate of drug-likeness (QED) is 0.522. The van der Waals surface area contributed by atoms with Crippen LogP contribution in [0.3, 0.4) is 0 Å². The molecule has 6 nitrogen and oxygen atoms in total. The van der Waals surface area contributed by atoms with E-state index in [1.165, 1.54) is 0 Å². The van der Waals surface area contributed by atoms with Crippen LogP contribution in [0.25, 0.3) is 22.5 Å². The van der Waals surface area contributed by atoms with Gasteiger partial charge >= 0.3 is 0 Å². The summed E-state index contributed by atoms with van der Waals surface area (Å²) in [5.74, 6) is 0.0338. The molecule has 0 saturated heterocycles. The molecule has 0 spiro atoms. The van der Waals surface area contributed by atoms with E-state index in [0.29, 0.717) is 5.02 Å². The molecule has 4 N–H and O–H groups in total. The minimum absolute atomic E-state index is 0.0210. The monoisotopic (exact) mass is 382 g/mol. The van der Waals surface area contributed by atoms with Gasteiger partial charge in [0.2, 0.25) is 0 Å². The lowest BCUT2D eigenvalue weighted by molar-refractivity contribution is -0.118. The Bertz CT molecular complexity index is 989. The van der Waals surface area contributed by atoms with E-state index in [0.717, 1.165) is 28.3 Å². The second-order valence-corrected chi connectivity index (χ2v) is 6.24. The number of methoxy groups -OCH3 is 1. The first kappa shape index (κ1) is 18.5. The lowest BCUT2D eigenvalue weighted by Gasteiger charge is -2.13. The molecular formula is C20H19ClN4O2. The molecule has 1 heterocycles. The first-order valence-electron chi connectivity index (χ1n) is 8.21. The van der Waals surface area contributed by atoms with Gasteiger partial charge < -0.3 is 20.8 Å². The van der Waals surface area contributed by atoms with Crippen molar-refractivity contribution in [3.8, 4) is 28.3 Å². The summed E-state index contributed by atoms with van der Waals surface area (Å²) in [7, 11) is 1.61. The molecule has 1 aromatic heterocycles. The highest BCUT2D eigenvalue weighted by Gasteiger charge is 2.16. The fraction of sp³-hybridized carbons (Fsp3) is 0.100. The second kappa shape index (κ2) is 7.97. The van der Waals surface area contributed by atoms with Gasteiger partial charge in [-0.25, -0.2) is 0 Å². The largest absolute Gasteiger partial charge is 0.497 e. The second-order valence-electron chi connectivity index (χ2n) is 5.83. The van der Waals surface area contributed by atoms with Gasteiger partial charge in [0.25, 0.3) is 5.91 Å². The molecule has 0 aliphatic rings. The Kier molecular flexibility index (Phi) is 5.47. The molecular weight excluding hydrogens is 364 g/mol. The van der Waals surface area contributed by atoms with Crippen LogP contribution in [0.4, 0.5) is 0 Å². The summed E-state index contributed by atoms with van der Waals surface area (Å²) in [4.78, 5) is 15.9. The normalized spacial score (nSPS) is 10.4. The summed E-state index contributed by atoms with van der Waals surface area (Å²) in [6.45, 7) is -0.0210. The third-order valence-corrected chi connectivity index (χ3v) is 4.39. The molecule has 3 aromatic rings. The van der Waals surface area contributed by atoms with Crippen molar-refractivity contribution in [2.75, 3.05) is 7.11 Å². The Morgan fingerprint density at radius 1 is 1.04 bits per heavy atom. The summed E-state index contributed by atoms with van der Waals surface area (Å²) in [5, 5.41) is 0.590. The van der Waals surface area contributed by atoms with Crippen molar-refractivity contribution in [2.45, 2.75) is 6.54 Å². The summed E-state index contributed by atoms with van der Waals surface area (Å²) < 4.78 is 7.05. The van der Waals surface area contributed by atoms with Crippen molar-refractivity contribution < 1.29 is 9.53 Å². The van der Waals surface area contributed by atoms with E-state index in [1.54, 1.807) is 13.2 Å². The zero-order chi connectivity index (χ0) is 19.4. The molecule has 0 atom stereocenters.